The van der Waals surface area contributed by atoms with Gasteiger partial charge in [-0.3, -0.25) is 9.78 Å². The molecule has 2 fully saturated rings. The zero-order valence-electron chi connectivity index (χ0n) is 18.9. The number of rotatable bonds is 4. The van der Waals surface area contributed by atoms with Crippen molar-refractivity contribution in [3.05, 3.63) is 77.5 Å². The molecule has 0 unspecified atom stereocenters. The number of carbonyl (C=O) groups excluding carboxylic acids is 1. The van der Waals surface area contributed by atoms with Gasteiger partial charge in [0.15, 0.2) is 0 Å². The van der Waals surface area contributed by atoms with Gasteiger partial charge in [-0.05, 0) is 74.3 Å². The van der Waals surface area contributed by atoms with Crippen LogP contribution in [0.1, 0.15) is 42.4 Å². The number of hydrogen-bond donors (Lipinski definition) is 0. The van der Waals surface area contributed by atoms with Crippen molar-refractivity contribution in [2.75, 3.05) is 26.3 Å². The third-order valence-corrected chi connectivity index (χ3v) is 7.45. The fourth-order valence-electron chi connectivity index (χ4n) is 5.45. The Bertz CT molecular complexity index is 1080. The topological polar surface area (TPSA) is 42.4 Å². The monoisotopic (exact) mass is 428 g/mol. The highest BCUT2D eigenvalue weighted by atomic mass is 16.5. The van der Waals surface area contributed by atoms with Crippen LogP contribution in [0.5, 0.6) is 0 Å². The molecule has 2 aliphatic rings. The van der Waals surface area contributed by atoms with E-state index in [1.165, 1.54) is 16.5 Å². The summed E-state index contributed by atoms with van der Waals surface area (Å²) in [5, 5.41) is 1.21. The number of aromatic nitrogens is 1. The molecule has 166 valence electrons. The van der Waals surface area contributed by atoms with Gasteiger partial charge in [-0.1, -0.05) is 42.0 Å². The molecular formula is C28H32N2O2. The lowest BCUT2D eigenvalue weighted by atomic mass is 9.72. The summed E-state index contributed by atoms with van der Waals surface area (Å²) in [4.78, 5) is 20.4. The lowest BCUT2D eigenvalue weighted by molar-refractivity contribution is -0.142. The first-order chi connectivity index (χ1) is 15.6. The molecule has 4 nitrogen and oxygen atoms in total. The van der Waals surface area contributed by atoms with Crippen molar-refractivity contribution in [2.45, 2.75) is 44.4 Å². The standard InChI is InChI=1S/C28H32N2O2/c1-21-4-7-25(8-5-21)28(12-17-32-18-13-28)27(31)30-15-10-22(11-16-30)19-23-6-9-26-24(20-23)3-2-14-29-26/h2-9,14,20,22H,10-13,15-19H2,1H3. The molecule has 4 heteroatoms. The van der Waals surface area contributed by atoms with E-state index in [4.69, 9.17) is 4.74 Å². The number of likely N-dealkylation sites (tertiary alicyclic amines) is 1. The van der Waals surface area contributed by atoms with Crippen molar-refractivity contribution in [1.29, 1.82) is 0 Å². The number of fused-ring (bicyclic) bond motifs is 1. The first kappa shape index (κ1) is 21.1. The van der Waals surface area contributed by atoms with E-state index >= 15 is 0 Å². The van der Waals surface area contributed by atoms with E-state index in [1.807, 2.05) is 12.3 Å². The molecule has 0 bridgehead atoms. The van der Waals surface area contributed by atoms with Gasteiger partial charge in [0.05, 0.1) is 10.9 Å². The molecule has 0 spiro atoms. The zero-order chi connectivity index (χ0) is 22.0. The predicted molar refractivity (Wildman–Crippen MR) is 128 cm³/mol. The smallest absolute Gasteiger partial charge is 0.233 e. The Hall–Kier alpha value is -2.72. The van der Waals surface area contributed by atoms with Crippen LogP contribution in [-0.2, 0) is 21.4 Å². The van der Waals surface area contributed by atoms with Crippen molar-refractivity contribution in [3.63, 3.8) is 0 Å². The minimum Gasteiger partial charge on any atom is -0.381 e. The molecule has 3 heterocycles. The summed E-state index contributed by atoms with van der Waals surface area (Å²) in [5.74, 6) is 0.929. The molecule has 2 aliphatic heterocycles. The minimum absolute atomic E-state index is 0.305. The Kier molecular flexibility index (Phi) is 5.97. The van der Waals surface area contributed by atoms with E-state index in [2.05, 4.69) is 65.3 Å². The van der Waals surface area contributed by atoms with Gasteiger partial charge in [0.1, 0.15) is 0 Å². The molecule has 32 heavy (non-hydrogen) atoms. The van der Waals surface area contributed by atoms with Crippen molar-refractivity contribution in [3.8, 4) is 0 Å². The van der Waals surface area contributed by atoms with Gasteiger partial charge in [0, 0.05) is 37.9 Å². The first-order valence-corrected chi connectivity index (χ1v) is 11.9. The summed E-state index contributed by atoms with van der Waals surface area (Å²) in [7, 11) is 0. The fraction of sp³-hybridized carbons (Fsp3) is 0.429. The lowest BCUT2D eigenvalue weighted by Gasteiger charge is -2.42. The number of pyridine rings is 1. The Morgan fingerprint density at radius 3 is 2.56 bits per heavy atom. The maximum absolute atomic E-state index is 13.8. The molecule has 1 amide bonds. The van der Waals surface area contributed by atoms with Crippen molar-refractivity contribution >= 4 is 16.8 Å². The molecule has 5 rings (SSSR count). The van der Waals surface area contributed by atoms with Crippen LogP contribution < -0.4 is 0 Å². The van der Waals surface area contributed by atoms with Gasteiger partial charge >= 0.3 is 0 Å². The van der Waals surface area contributed by atoms with E-state index in [9.17, 15) is 4.79 Å². The summed E-state index contributed by atoms with van der Waals surface area (Å²) in [6.07, 6.45) is 6.61. The zero-order valence-corrected chi connectivity index (χ0v) is 18.9. The van der Waals surface area contributed by atoms with Crippen LogP contribution in [0, 0.1) is 12.8 Å². The molecule has 0 aliphatic carbocycles. The van der Waals surface area contributed by atoms with Crippen LogP contribution in [0.15, 0.2) is 60.8 Å². The molecule has 0 N–H and O–H groups in total. The molecule has 0 saturated carbocycles. The van der Waals surface area contributed by atoms with Crippen molar-refractivity contribution in [1.82, 2.24) is 9.88 Å². The molecule has 0 atom stereocenters. The largest absolute Gasteiger partial charge is 0.381 e. The second-order valence-corrected chi connectivity index (χ2v) is 9.53. The number of piperidine rings is 1. The molecule has 3 aromatic rings. The average molecular weight is 429 g/mol. The van der Waals surface area contributed by atoms with Gasteiger partial charge in [-0.2, -0.15) is 0 Å². The lowest BCUT2D eigenvalue weighted by Crippen LogP contribution is -2.52. The van der Waals surface area contributed by atoms with Crippen LogP contribution in [-0.4, -0.2) is 42.1 Å². The second-order valence-electron chi connectivity index (χ2n) is 9.53. The average Bonchev–Trinajstić information content (AvgIpc) is 2.85. The number of benzene rings is 2. The molecule has 0 radical (unpaired) electrons. The van der Waals surface area contributed by atoms with Crippen molar-refractivity contribution in [2.24, 2.45) is 5.92 Å². The molecule has 2 aromatic carbocycles. The van der Waals surface area contributed by atoms with Crippen LogP contribution >= 0.6 is 0 Å². The Labute approximate surface area is 190 Å². The number of nitrogens with zero attached hydrogens (tertiary/aromatic N) is 2. The van der Waals surface area contributed by atoms with Crippen molar-refractivity contribution < 1.29 is 9.53 Å². The Balaban J connectivity index is 1.27. The highest BCUT2D eigenvalue weighted by Gasteiger charge is 2.44. The maximum atomic E-state index is 13.8. The van der Waals surface area contributed by atoms with Gasteiger partial charge in [0.2, 0.25) is 5.91 Å². The number of ether oxygens (including phenoxy) is 1. The van der Waals surface area contributed by atoms with Gasteiger partial charge in [-0.25, -0.2) is 0 Å². The molecule has 1 aromatic heterocycles. The van der Waals surface area contributed by atoms with E-state index in [0.29, 0.717) is 25.0 Å². The van der Waals surface area contributed by atoms with E-state index in [0.717, 1.165) is 56.3 Å². The quantitative estimate of drug-likeness (QED) is 0.582. The van der Waals surface area contributed by atoms with Crippen LogP contribution in [0.25, 0.3) is 10.9 Å². The van der Waals surface area contributed by atoms with Crippen LogP contribution in [0.3, 0.4) is 0 Å². The number of amides is 1. The number of carbonyl (C=O) groups is 1. The first-order valence-electron chi connectivity index (χ1n) is 11.9. The summed E-state index contributed by atoms with van der Waals surface area (Å²) in [6, 6.07) is 19.3. The highest BCUT2D eigenvalue weighted by molar-refractivity contribution is 5.88. The minimum atomic E-state index is -0.426. The predicted octanol–water partition coefficient (Wildman–Crippen LogP) is 5.07. The second kappa shape index (κ2) is 9.03. The third-order valence-electron chi connectivity index (χ3n) is 7.45. The van der Waals surface area contributed by atoms with E-state index < -0.39 is 5.41 Å². The van der Waals surface area contributed by atoms with Crippen LogP contribution in [0.4, 0.5) is 0 Å². The Morgan fingerprint density at radius 2 is 1.81 bits per heavy atom. The normalized spacial score (nSPS) is 19.2. The van der Waals surface area contributed by atoms with Gasteiger partial charge < -0.3 is 9.64 Å². The van der Waals surface area contributed by atoms with E-state index in [-0.39, 0.29) is 0 Å². The summed E-state index contributed by atoms with van der Waals surface area (Å²) in [5.41, 5.74) is 4.38. The molecule has 2 saturated heterocycles. The summed E-state index contributed by atoms with van der Waals surface area (Å²) >= 11 is 0. The third kappa shape index (κ3) is 4.16. The van der Waals surface area contributed by atoms with E-state index in [1.54, 1.807) is 0 Å². The SMILES string of the molecule is Cc1ccc(C2(C(=O)N3CCC(Cc4ccc5ncccc5c4)CC3)CCOCC2)cc1. The number of aryl methyl sites for hydroxylation is 1. The van der Waals surface area contributed by atoms with Gasteiger partial charge in [-0.15, -0.1) is 0 Å². The maximum Gasteiger partial charge on any atom is 0.233 e. The fourth-order valence-corrected chi connectivity index (χ4v) is 5.45. The summed E-state index contributed by atoms with van der Waals surface area (Å²) in [6.45, 7) is 5.12. The highest BCUT2D eigenvalue weighted by Crippen LogP contribution is 2.38. The van der Waals surface area contributed by atoms with Gasteiger partial charge in [0.25, 0.3) is 0 Å². The molecular weight excluding hydrogens is 396 g/mol. The Morgan fingerprint density at radius 1 is 1.06 bits per heavy atom. The summed E-state index contributed by atoms with van der Waals surface area (Å²) < 4.78 is 5.65. The number of hydrogen-bond acceptors (Lipinski definition) is 3. The van der Waals surface area contributed by atoms with Crippen LogP contribution in [0.2, 0.25) is 0 Å².